The SMILES string of the molecule is CC(C)C(C)N(CCO)CC1CCCN1. The largest absolute Gasteiger partial charge is 0.395 e. The van der Waals surface area contributed by atoms with Crippen LogP contribution in [0, 0.1) is 5.92 Å². The molecule has 0 bridgehead atoms. The van der Waals surface area contributed by atoms with E-state index in [2.05, 4.69) is 31.0 Å². The molecule has 0 aromatic heterocycles. The molecule has 3 nitrogen and oxygen atoms in total. The highest BCUT2D eigenvalue weighted by atomic mass is 16.3. The molecule has 1 fully saturated rings. The molecule has 0 saturated carbocycles. The van der Waals surface area contributed by atoms with Gasteiger partial charge in [-0.2, -0.15) is 0 Å². The lowest BCUT2D eigenvalue weighted by atomic mass is 10.0. The number of nitrogens with one attached hydrogen (secondary N) is 1. The Bertz CT molecular complexity index is 167. The molecule has 0 spiro atoms. The summed E-state index contributed by atoms with van der Waals surface area (Å²) >= 11 is 0. The van der Waals surface area contributed by atoms with E-state index in [1.54, 1.807) is 0 Å². The highest BCUT2D eigenvalue weighted by Crippen LogP contribution is 2.13. The molecule has 0 aliphatic carbocycles. The number of hydrogen-bond acceptors (Lipinski definition) is 3. The summed E-state index contributed by atoms with van der Waals surface area (Å²) in [4.78, 5) is 2.41. The van der Waals surface area contributed by atoms with Crippen molar-refractivity contribution in [3.8, 4) is 0 Å². The van der Waals surface area contributed by atoms with Crippen LogP contribution in [0.15, 0.2) is 0 Å². The van der Waals surface area contributed by atoms with Gasteiger partial charge >= 0.3 is 0 Å². The summed E-state index contributed by atoms with van der Waals surface area (Å²) in [6, 6.07) is 1.19. The highest BCUT2D eigenvalue weighted by molar-refractivity contribution is 4.81. The molecule has 1 aliphatic heterocycles. The quantitative estimate of drug-likeness (QED) is 0.694. The number of aliphatic hydroxyl groups excluding tert-OH is 1. The second-order valence-electron chi connectivity index (χ2n) is 5.00. The van der Waals surface area contributed by atoms with Gasteiger partial charge in [-0.15, -0.1) is 0 Å². The van der Waals surface area contributed by atoms with Crippen molar-refractivity contribution < 1.29 is 5.11 Å². The molecular weight excluding hydrogens is 188 g/mol. The highest BCUT2D eigenvalue weighted by Gasteiger charge is 2.22. The average Bonchev–Trinajstić information content (AvgIpc) is 2.68. The van der Waals surface area contributed by atoms with Gasteiger partial charge in [-0.05, 0) is 32.2 Å². The Morgan fingerprint density at radius 2 is 2.13 bits per heavy atom. The van der Waals surface area contributed by atoms with Gasteiger partial charge in [-0.3, -0.25) is 4.90 Å². The molecule has 0 amide bonds. The standard InChI is InChI=1S/C12H26N2O/c1-10(2)11(3)14(7-8-15)9-12-5-4-6-13-12/h10-13,15H,4-9H2,1-3H3. The molecule has 1 saturated heterocycles. The number of hydrogen-bond donors (Lipinski definition) is 2. The van der Waals surface area contributed by atoms with Crippen LogP contribution in [0.25, 0.3) is 0 Å². The minimum Gasteiger partial charge on any atom is -0.395 e. The number of aliphatic hydroxyl groups is 1. The second-order valence-corrected chi connectivity index (χ2v) is 5.00. The van der Waals surface area contributed by atoms with E-state index >= 15 is 0 Å². The van der Waals surface area contributed by atoms with Crippen molar-refractivity contribution in [3.05, 3.63) is 0 Å². The van der Waals surface area contributed by atoms with Crippen LogP contribution in [-0.4, -0.2) is 48.3 Å². The first-order chi connectivity index (χ1) is 7.15. The van der Waals surface area contributed by atoms with E-state index in [1.165, 1.54) is 12.8 Å². The summed E-state index contributed by atoms with van der Waals surface area (Å²) in [5.41, 5.74) is 0. The van der Waals surface area contributed by atoms with Crippen molar-refractivity contribution in [2.75, 3.05) is 26.2 Å². The van der Waals surface area contributed by atoms with E-state index in [-0.39, 0.29) is 6.61 Å². The molecular formula is C12H26N2O. The van der Waals surface area contributed by atoms with Gasteiger partial charge in [0.25, 0.3) is 0 Å². The van der Waals surface area contributed by atoms with E-state index in [9.17, 15) is 0 Å². The van der Waals surface area contributed by atoms with E-state index in [4.69, 9.17) is 5.11 Å². The first-order valence-corrected chi connectivity index (χ1v) is 6.23. The lowest BCUT2D eigenvalue weighted by Crippen LogP contribution is -2.45. The topological polar surface area (TPSA) is 35.5 Å². The fourth-order valence-corrected chi connectivity index (χ4v) is 2.21. The van der Waals surface area contributed by atoms with Crippen LogP contribution in [0.2, 0.25) is 0 Å². The average molecular weight is 214 g/mol. The summed E-state index contributed by atoms with van der Waals surface area (Å²) in [7, 11) is 0. The molecule has 0 aromatic rings. The van der Waals surface area contributed by atoms with E-state index in [0.717, 1.165) is 19.6 Å². The normalized spacial score (nSPS) is 24.0. The molecule has 1 heterocycles. The lowest BCUT2D eigenvalue weighted by molar-refractivity contribution is 0.122. The second kappa shape index (κ2) is 6.46. The molecule has 2 atom stereocenters. The lowest BCUT2D eigenvalue weighted by Gasteiger charge is -2.33. The van der Waals surface area contributed by atoms with Crippen LogP contribution in [0.1, 0.15) is 33.6 Å². The van der Waals surface area contributed by atoms with Gasteiger partial charge in [0.05, 0.1) is 6.61 Å². The zero-order chi connectivity index (χ0) is 11.3. The van der Waals surface area contributed by atoms with Gasteiger partial charge in [0.15, 0.2) is 0 Å². The monoisotopic (exact) mass is 214 g/mol. The molecule has 15 heavy (non-hydrogen) atoms. The van der Waals surface area contributed by atoms with Crippen LogP contribution >= 0.6 is 0 Å². The predicted molar refractivity (Wildman–Crippen MR) is 64.0 cm³/mol. The molecule has 2 N–H and O–H groups in total. The van der Waals surface area contributed by atoms with Crippen molar-refractivity contribution in [1.82, 2.24) is 10.2 Å². The molecule has 0 aromatic carbocycles. The van der Waals surface area contributed by atoms with E-state index < -0.39 is 0 Å². The van der Waals surface area contributed by atoms with Gasteiger partial charge in [0.2, 0.25) is 0 Å². The predicted octanol–water partition coefficient (Wildman–Crippen LogP) is 1.08. The summed E-state index contributed by atoms with van der Waals surface area (Å²) in [6.45, 7) is 10.1. The summed E-state index contributed by atoms with van der Waals surface area (Å²) < 4.78 is 0. The van der Waals surface area contributed by atoms with Crippen LogP contribution in [0.4, 0.5) is 0 Å². The zero-order valence-electron chi connectivity index (χ0n) is 10.4. The Morgan fingerprint density at radius 3 is 2.60 bits per heavy atom. The minimum atomic E-state index is 0.268. The molecule has 1 aliphatic rings. The van der Waals surface area contributed by atoms with Crippen LogP contribution < -0.4 is 5.32 Å². The van der Waals surface area contributed by atoms with Gasteiger partial charge in [-0.25, -0.2) is 0 Å². The van der Waals surface area contributed by atoms with Crippen LogP contribution in [0.5, 0.6) is 0 Å². The number of rotatable bonds is 6. The Kier molecular flexibility index (Phi) is 5.58. The summed E-state index contributed by atoms with van der Waals surface area (Å²) in [5, 5.41) is 12.6. The van der Waals surface area contributed by atoms with Gasteiger partial charge in [0, 0.05) is 25.2 Å². The molecule has 2 unspecified atom stereocenters. The van der Waals surface area contributed by atoms with Gasteiger partial charge in [0.1, 0.15) is 0 Å². The van der Waals surface area contributed by atoms with Crippen molar-refractivity contribution in [2.45, 2.75) is 45.7 Å². The van der Waals surface area contributed by atoms with Crippen molar-refractivity contribution in [2.24, 2.45) is 5.92 Å². The maximum absolute atomic E-state index is 9.08. The van der Waals surface area contributed by atoms with Crippen molar-refractivity contribution >= 4 is 0 Å². The Morgan fingerprint density at radius 1 is 1.40 bits per heavy atom. The summed E-state index contributed by atoms with van der Waals surface area (Å²) in [6.07, 6.45) is 2.58. The van der Waals surface area contributed by atoms with Gasteiger partial charge < -0.3 is 10.4 Å². The van der Waals surface area contributed by atoms with Crippen LogP contribution in [0.3, 0.4) is 0 Å². The molecule has 3 heteroatoms. The summed E-state index contributed by atoms with van der Waals surface area (Å²) in [5.74, 6) is 0.651. The van der Waals surface area contributed by atoms with Crippen LogP contribution in [-0.2, 0) is 0 Å². The third kappa shape index (κ3) is 4.09. The van der Waals surface area contributed by atoms with Crippen molar-refractivity contribution in [1.29, 1.82) is 0 Å². The Hall–Kier alpha value is -0.120. The first-order valence-electron chi connectivity index (χ1n) is 6.23. The smallest absolute Gasteiger partial charge is 0.0558 e. The fraction of sp³-hybridized carbons (Fsp3) is 1.00. The third-order valence-electron chi connectivity index (χ3n) is 3.55. The van der Waals surface area contributed by atoms with Crippen molar-refractivity contribution in [3.63, 3.8) is 0 Å². The first kappa shape index (κ1) is 12.9. The Labute approximate surface area is 93.9 Å². The Balaban J connectivity index is 2.41. The maximum atomic E-state index is 9.08. The molecule has 1 rings (SSSR count). The van der Waals surface area contributed by atoms with Gasteiger partial charge in [-0.1, -0.05) is 13.8 Å². The maximum Gasteiger partial charge on any atom is 0.0558 e. The number of nitrogens with zero attached hydrogens (tertiary/aromatic N) is 1. The zero-order valence-corrected chi connectivity index (χ0v) is 10.4. The molecule has 0 radical (unpaired) electrons. The minimum absolute atomic E-state index is 0.268. The van der Waals surface area contributed by atoms with E-state index in [0.29, 0.717) is 18.0 Å². The molecule has 90 valence electrons. The fourth-order valence-electron chi connectivity index (χ4n) is 2.21. The third-order valence-corrected chi connectivity index (χ3v) is 3.55. The van der Waals surface area contributed by atoms with E-state index in [1.807, 2.05) is 0 Å².